The van der Waals surface area contributed by atoms with Gasteiger partial charge in [-0.1, -0.05) is 54.6 Å². The smallest absolute Gasteiger partial charge is 0.217 e. The number of nitrogen functional groups attached to an aromatic ring is 1. The van der Waals surface area contributed by atoms with Gasteiger partial charge in [-0.15, -0.1) is 5.10 Å². The van der Waals surface area contributed by atoms with Gasteiger partial charge in [0.25, 0.3) is 0 Å². The minimum absolute atomic E-state index is 0.00848. The molecule has 1 amide bonds. The number of fused-ring (bicyclic) bond motifs is 1. The Morgan fingerprint density at radius 2 is 1.73 bits per heavy atom. The Morgan fingerprint density at radius 3 is 2.37 bits per heavy atom. The molecule has 0 unspecified atom stereocenters. The molecule has 0 saturated heterocycles. The van der Waals surface area contributed by atoms with Crippen LogP contribution in [0.25, 0.3) is 28.2 Å². The third kappa shape index (κ3) is 3.01. The van der Waals surface area contributed by atoms with E-state index in [1.807, 2.05) is 36.4 Å². The number of carbonyl (C=O) groups is 1. The predicted molar refractivity (Wildman–Crippen MR) is 118 cm³/mol. The van der Waals surface area contributed by atoms with Gasteiger partial charge in [-0.25, -0.2) is 9.50 Å². The number of aromatic nitrogens is 3. The number of nitrogens with two attached hydrogens (primary N) is 1. The molecular formula is C24H23N5O. The normalized spacial score (nSPS) is 15.0. The van der Waals surface area contributed by atoms with Crippen molar-refractivity contribution in [2.45, 2.75) is 31.7 Å². The monoisotopic (exact) mass is 397 g/mol. The van der Waals surface area contributed by atoms with Crippen molar-refractivity contribution in [3.8, 4) is 22.5 Å². The highest BCUT2D eigenvalue weighted by Crippen LogP contribution is 2.42. The van der Waals surface area contributed by atoms with Crippen molar-refractivity contribution < 1.29 is 4.79 Å². The first-order valence-electron chi connectivity index (χ1n) is 10.2. The van der Waals surface area contributed by atoms with Crippen LogP contribution in [0.15, 0.2) is 66.7 Å². The van der Waals surface area contributed by atoms with Crippen LogP contribution in [0, 0.1) is 0 Å². The van der Waals surface area contributed by atoms with Gasteiger partial charge in [-0.2, -0.15) is 0 Å². The van der Waals surface area contributed by atoms with Crippen LogP contribution in [-0.4, -0.2) is 20.5 Å². The average Bonchev–Trinajstić information content (AvgIpc) is 3.10. The quantitative estimate of drug-likeness (QED) is 0.541. The molecule has 1 aliphatic carbocycles. The van der Waals surface area contributed by atoms with E-state index >= 15 is 0 Å². The number of imidazole rings is 1. The second-order valence-corrected chi connectivity index (χ2v) is 7.90. The summed E-state index contributed by atoms with van der Waals surface area (Å²) in [5, 5.41) is 7.65. The molecule has 2 aromatic carbocycles. The first-order valence-corrected chi connectivity index (χ1v) is 10.2. The van der Waals surface area contributed by atoms with Crippen LogP contribution in [0.1, 0.15) is 31.7 Å². The molecule has 0 atom stereocenters. The molecule has 1 aliphatic rings. The lowest BCUT2D eigenvalue weighted by atomic mass is 9.71. The summed E-state index contributed by atoms with van der Waals surface area (Å²) in [6.45, 7) is 1.58. The minimum atomic E-state index is -0.235. The summed E-state index contributed by atoms with van der Waals surface area (Å²) in [5.41, 5.74) is 11.4. The summed E-state index contributed by atoms with van der Waals surface area (Å²) >= 11 is 0. The first kappa shape index (κ1) is 18.4. The third-order valence-electron chi connectivity index (χ3n) is 5.88. The molecule has 0 radical (unpaired) electrons. The van der Waals surface area contributed by atoms with Crippen molar-refractivity contribution >= 4 is 17.4 Å². The Morgan fingerprint density at radius 1 is 1.00 bits per heavy atom. The third-order valence-corrected chi connectivity index (χ3v) is 5.88. The fourth-order valence-electron chi connectivity index (χ4n) is 4.30. The number of anilines is 1. The van der Waals surface area contributed by atoms with Crippen molar-refractivity contribution in [1.82, 2.24) is 19.9 Å². The van der Waals surface area contributed by atoms with Crippen molar-refractivity contribution in [3.63, 3.8) is 0 Å². The first-order chi connectivity index (χ1) is 14.6. The molecule has 6 nitrogen and oxygen atoms in total. The van der Waals surface area contributed by atoms with E-state index in [0.717, 1.165) is 53.0 Å². The minimum Gasteiger partial charge on any atom is -0.382 e. The van der Waals surface area contributed by atoms with Gasteiger partial charge in [-0.05, 0) is 37.0 Å². The predicted octanol–water partition coefficient (Wildman–Crippen LogP) is 4.16. The van der Waals surface area contributed by atoms with Crippen LogP contribution in [0.4, 0.5) is 5.82 Å². The van der Waals surface area contributed by atoms with E-state index in [2.05, 4.69) is 34.7 Å². The van der Waals surface area contributed by atoms with Crippen molar-refractivity contribution in [3.05, 3.63) is 72.3 Å². The van der Waals surface area contributed by atoms with Crippen molar-refractivity contribution in [2.75, 3.05) is 5.73 Å². The lowest BCUT2D eigenvalue weighted by Gasteiger charge is -2.43. The van der Waals surface area contributed by atoms with Crippen LogP contribution in [0.3, 0.4) is 0 Å². The molecule has 2 aromatic heterocycles. The molecule has 0 bridgehead atoms. The van der Waals surface area contributed by atoms with E-state index < -0.39 is 0 Å². The SMILES string of the molecule is CC(=O)NC1(c2ccc(-c3nc4ccc(N)nn4c3-c3ccccc3)cc2)CCC1. The van der Waals surface area contributed by atoms with Crippen molar-refractivity contribution in [1.29, 1.82) is 0 Å². The van der Waals surface area contributed by atoms with E-state index in [4.69, 9.17) is 10.7 Å². The number of nitrogens with zero attached hydrogens (tertiary/aromatic N) is 3. The molecule has 5 rings (SSSR count). The van der Waals surface area contributed by atoms with Crippen LogP contribution >= 0.6 is 0 Å². The lowest BCUT2D eigenvalue weighted by Crippen LogP contribution is -2.50. The maximum Gasteiger partial charge on any atom is 0.217 e. The summed E-state index contributed by atoms with van der Waals surface area (Å²) in [7, 11) is 0. The summed E-state index contributed by atoms with van der Waals surface area (Å²) < 4.78 is 1.80. The van der Waals surface area contributed by atoms with E-state index in [1.165, 1.54) is 0 Å². The number of rotatable bonds is 4. The summed E-state index contributed by atoms with van der Waals surface area (Å²) in [6, 6.07) is 22.1. The number of carbonyl (C=O) groups excluding carboxylic acids is 1. The standard InChI is InChI=1S/C24H23N5O/c1-16(30)27-24(14-5-15-24)19-10-8-17(9-11-19)22-23(18-6-3-2-4-7-18)29-21(26-22)13-12-20(25)28-29/h2-4,6-13H,5,14-15H2,1H3,(H2,25,28)(H,27,30). The molecule has 3 N–H and O–H groups in total. The molecule has 1 saturated carbocycles. The highest BCUT2D eigenvalue weighted by molar-refractivity contribution is 5.82. The number of hydrogen-bond donors (Lipinski definition) is 2. The fraction of sp³-hybridized carbons (Fsp3) is 0.208. The average molecular weight is 397 g/mol. The molecule has 6 heteroatoms. The number of hydrogen-bond acceptors (Lipinski definition) is 4. The fourth-order valence-corrected chi connectivity index (χ4v) is 4.30. The van der Waals surface area contributed by atoms with Crippen LogP contribution < -0.4 is 11.1 Å². The Kier molecular flexibility index (Phi) is 4.28. The molecule has 150 valence electrons. The number of nitrogens with one attached hydrogen (secondary N) is 1. The summed E-state index contributed by atoms with van der Waals surface area (Å²) in [5.74, 6) is 0.454. The van der Waals surface area contributed by atoms with Crippen LogP contribution in [0.2, 0.25) is 0 Å². The van der Waals surface area contributed by atoms with Gasteiger partial charge in [0.2, 0.25) is 5.91 Å². The van der Waals surface area contributed by atoms with Crippen LogP contribution in [0.5, 0.6) is 0 Å². The second kappa shape index (κ2) is 6.99. The maximum absolute atomic E-state index is 11.7. The van der Waals surface area contributed by atoms with Gasteiger partial charge in [0.1, 0.15) is 11.5 Å². The highest BCUT2D eigenvalue weighted by Gasteiger charge is 2.39. The Bertz CT molecular complexity index is 1220. The Hall–Kier alpha value is -3.67. The van der Waals surface area contributed by atoms with E-state index in [0.29, 0.717) is 5.82 Å². The molecular weight excluding hydrogens is 374 g/mol. The van der Waals surface area contributed by atoms with E-state index in [9.17, 15) is 4.79 Å². The topological polar surface area (TPSA) is 85.3 Å². The number of amides is 1. The van der Waals surface area contributed by atoms with Gasteiger partial charge in [0.15, 0.2) is 5.65 Å². The molecule has 0 spiro atoms. The molecule has 2 heterocycles. The maximum atomic E-state index is 11.7. The van der Waals surface area contributed by atoms with E-state index in [-0.39, 0.29) is 11.4 Å². The summed E-state index contributed by atoms with van der Waals surface area (Å²) in [6.07, 6.45) is 3.07. The zero-order valence-corrected chi connectivity index (χ0v) is 16.8. The Balaban J connectivity index is 1.62. The molecule has 0 aliphatic heterocycles. The largest absolute Gasteiger partial charge is 0.382 e. The van der Waals surface area contributed by atoms with E-state index in [1.54, 1.807) is 17.5 Å². The zero-order chi connectivity index (χ0) is 20.7. The highest BCUT2D eigenvalue weighted by atomic mass is 16.1. The van der Waals surface area contributed by atoms with Gasteiger partial charge in [0, 0.05) is 18.1 Å². The summed E-state index contributed by atoms with van der Waals surface area (Å²) in [4.78, 5) is 16.6. The molecule has 30 heavy (non-hydrogen) atoms. The molecule has 4 aromatic rings. The van der Waals surface area contributed by atoms with Gasteiger partial charge >= 0.3 is 0 Å². The number of benzene rings is 2. The lowest BCUT2D eigenvalue weighted by molar-refractivity contribution is -0.122. The van der Waals surface area contributed by atoms with Gasteiger partial charge < -0.3 is 11.1 Å². The molecule has 1 fully saturated rings. The zero-order valence-electron chi connectivity index (χ0n) is 16.8. The second-order valence-electron chi connectivity index (χ2n) is 7.90. The van der Waals surface area contributed by atoms with Gasteiger partial charge in [-0.3, -0.25) is 4.79 Å². The van der Waals surface area contributed by atoms with Crippen LogP contribution in [-0.2, 0) is 10.3 Å². The van der Waals surface area contributed by atoms with Gasteiger partial charge in [0.05, 0.1) is 11.2 Å². The Labute approximate surface area is 174 Å². The van der Waals surface area contributed by atoms with Crippen molar-refractivity contribution in [2.24, 2.45) is 0 Å².